The molecule has 0 amide bonds. The summed E-state index contributed by atoms with van der Waals surface area (Å²) < 4.78 is 0. The molecule has 0 radical (unpaired) electrons. The summed E-state index contributed by atoms with van der Waals surface area (Å²) >= 11 is 0. The summed E-state index contributed by atoms with van der Waals surface area (Å²) in [6.45, 7) is 0. The molecule has 4 aliphatic heterocycles. The highest BCUT2D eigenvalue weighted by Gasteiger charge is 2.40. The molecule has 4 N–H and O–H groups in total. The number of hydrogen-bond donors (Lipinski definition) is 4. The first-order valence-corrected chi connectivity index (χ1v) is 40.2. The zero-order valence-electron chi connectivity index (χ0n) is 65.6. The average Bonchev–Trinajstić information content (AvgIpc) is 1.51. The van der Waals surface area contributed by atoms with E-state index >= 15 is 0 Å². The van der Waals surface area contributed by atoms with Gasteiger partial charge < -0.3 is 38.9 Å². The van der Waals surface area contributed by atoms with Crippen molar-refractivity contribution in [2.24, 2.45) is 0 Å². The van der Waals surface area contributed by atoms with Crippen LogP contribution in [0.2, 0.25) is 0 Å². The van der Waals surface area contributed by atoms with E-state index in [1.165, 1.54) is 0 Å². The standard InChI is InChI=1S/C105H80N12O4/c1-9-25-85(26-10-1)110(86-27-11-2-12-28-86)93-57-41-77(42-58-93)101-73-106-114(118-101)97-65-49-81(50-66-97)105(82-51-67-98(68-52-82)115-107-74-102(119-115)78-43-59-94(60-44-78)111(87-29-13-3-14-30-87)88-31-15-4-16-32-88,83-53-69-99(70-54-83)116-108-75-103(120-116)79-45-61-95(62-46-79)112(89-33-17-5-18-34-89)90-35-19-6-20-36-90)84-55-71-100(72-56-84)117-109-76-104(121-117)80-47-63-96(64-48-80)113(91-37-21-7-22-38-91)92-39-23-8-24-40-92/h1-76,106-109H. The van der Waals surface area contributed by atoms with E-state index in [9.17, 15) is 0 Å². The van der Waals surface area contributed by atoms with Gasteiger partial charge in [-0.3, -0.25) is 21.7 Å². The van der Waals surface area contributed by atoms with Gasteiger partial charge >= 0.3 is 0 Å². The molecule has 4 heterocycles. The number of nitrogens with zero attached hydrogens (tertiary/aromatic N) is 8. The van der Waals surface area contributed by atoms with Crippen molar-refractivity contribution in [2.45, 2.75) is 5.41 Å². The molecule has 121 heavy (non-hydrogen) atoms. The quantitative estimate of drug-likeness (QED) is 0.0430. The highest BCUT2D eigenvalue weighted by Crippen LogP contribution is 2.49. The molecule has 0 saturated heterocycles. The van der Waals surface area contributed by atoms with Gasteiger partial charge in [0.05, 0.1) is 53.0 Å². The predicted molar refractivity (Wildman–Crippen MR) is 488 cm³/mol. The van der Waals surface area contributed by atoms with Gasteiger partial charge in [-0.1, -0.05) is 194 Å². The van der Waals surface area contributed by atoms with Crippen LogP contribution in [0.15, 0.2) is 462 Å². The molecule has 0 fully saturated rings. The molecule has 0 spiro atoms. The molecule has 16 aromatic rings. The van der Waals surface area contributed by atoms with Gasteiger partial charge in [-0.05, 0) is 265 Å². The van der Waals surface area contributed by atoms with E-state index in [0.717, 1.165) is 136 Å². The SMILES string of the molecule is C1=C(c2ccc(N(c3ccccc3)c3ccccc3)cc2)ON(c2ccc(C(c3ccc(N4NC=C(c5ccc(N(c6ccccc6)c6ccccc6)cc5)O4)cc3)(c3ccc(N4NC=C(c5ccc(N(c6ccccc6)c6ccccc6)cc5)O4)cc3)c3ccc(N4NC=C(c5ccc(N(c6ccccc6)c6ccccc6)cc5)O4)cc3)cc2)N1. The molecule has 20 rings (SSSR count). The van der Waals surface area contributed by atoms with Crippen LogP contribution in [0.3, 0.4) is 0 Å². The summed E-state index contributed by atoms with van der Waals surface area (Å²) in [6, 6.07) is 151. The van der Waals surface area contributed by atoms with E-state index in [1.807, 2.05) is 73.3 Å². The number of para-hydroxylation sites is 8. The van der Waals surface area contributed by atoms with Crippen LogP contribution in [0.1, 0.15) is 44.5 Å². The van der Waals surface area contributed by atoms with Crippen molar-refractivity contribution in [2.75, 3.05) is 40.3 Å². The fourth-order valence-corrected chi connectivity index (χ4v) is 16.0. The Bertz CT molecular complexity index is 5410. The lowest BCUT2D eigenvalue weighted by Gasteiger charge is -2.37. The van der Waals surface area contributed by atoms with Crippen molar-refractivity contribution in [3.8, 4) is 0 Å². The molecular weight excluding hydrogens is 1490 g/mol. The van der Waals surface area contributed by atoms with Gasteiger partial charge in [-0.25, -0.2) is 0 Å². The Kier molecular flexibility index (Phi) is 19.9. The summed E-state index contributed by atoms with van der Waals surface area (Å²) in [5.74, 6) is 2.66. The Morgan fingerprint density at radius 2 is 0.314 bits per heavy atom. The van der Waals surface area contributed by atoms with Gasteiger partial charge in [0, 0.05) is 90.5 Å². The molecule has 0 unspecified atom stereocenters. The van der Waals surface area contributed by atoms with Crippen LogP contribution in [0.5, 0.6) is 0 Å². The van der Waals surface area contributed by atoms with Crippen LogP contribution in [0.4, 0.5) is 91.0 Å². The second kappa shape index (κ2) is 32.9. The second-order valence-corrected chi connectivity index (χ2v) is 29.2. The lowest BCUT2D eigenvalue weighted by Crippen LogP contribution is -2.33. The number of anilines is 16. The average molecular weight is 1570 g/mol. The first-order chi connectivity index (χ1) is 59.9. The van der Waals surface area contributed by atoms with E-state index in [-0.39, 0.29) is 0 Å². The monoisotopic (exact) mass is 1570 g/mol. The molecular formula is C105H80N12O4. The molecule has 0 atom stereocenters. The number of rotatable bonds is 24. The van der Waals surface area contributed by atoms with Crippen LogP contribution in [0.25, 0.3) is 23.0 Å². The maximum absolute atomic E-state index is 6.70. The van der Waals surface area contributed by atoms with E-state index in [2.05, 4.69) is 430 Å². The summed E-state index contributed by atoms with van der Waals surface area (Å²) in [6.07, 6.45) is 7.57. The molecule has 584 valence electrons. The van der Waals surface area contributed by atoms with Gasteiger partial charge in [0.2, 0.25) is 0 Å². The van der Waals surface area contributed by atoms with Crippen LogP contribution in [-0.4, -0.2) is 0 Å². The van der Waals surface area contributed by atoms with Crippen molar-refractivity contribution in [1.82, 2.24) is 21.7 Å². The highest BCUT2D eigenvalue weighted by molar-refractivity contribution is 5.83. The van der Waals surface area contributed by atoms with Gasteiger partial charge in [-0.15, -0.1) is 20.7 Å². The van der Waals surface area contributed by atoms with Gasteiger partial charge in [-0.2, -0.15) is 0 Å². The van der Waals surface area contributed by atoms with Crippen molar-refractivity contribution < 1.29 is 19.4 Å². The van der Waals surface area contributed by atoms with Crippen molar-refractivity contribution in [3.63, 3.8) is 0 Å². The van der Waals surface area contributed by atoms with E-state index in [0.29, 0.717) is 23.0 Å². The Balaban J connectivity index is 0.628. The summed E-state index contributed by atoms with van der Waals surface area (Å²) in [7, 11) is 0. The summed E-state index contributed by atoms with van der Waals surface area (Å²) in [5, 5.41) is 6.80. The second-order valence-electron chi connectivity index (χ2n) is 29.2. The molecule has 16 nitrogen and oxygen atoms in total. The normalized spacial score (nSPS) is 13.3. The molecule has 0 saturated carbocycles. The van der Waals surface area contributed by atoms with Crippen molar-refractivity contribution in [1.29, 1.82) is 0 Å². The minimum atomic E-state index is -1.01. The van der Waals surface area contributed by atoms with Crippen LogP contribution >= 0.6 is 0 Å². The molecule has 16 aromatic carbocycles. The summed E-state index contributed by atoms with van der Waals surface area (Å²) in [5.41, 5.74) is 35.8. The number of nitrogens with one attached hydrogen (secondary N) is 4. The van der Waals surface area contributed by atoms with Crippen LogP contribution in [-0.2, 0) is 24.8 Å². The van der Waals surface area contributed by atoms with Gasteiger partial charge in [0.25, 0.3) is 0 Å². The zero-order valence-corrected chi connectivity index (χ0v) is 65.6. The third kappa shape index (κ3) is 14.8. The lowest BCUT2D eigenvalue weighted by atomic mass is 9.65. The zero-order chi connectivity index (χ0) is 80.7. The molecule has 0 aliphatic carbocycles. The first-order valence-electron chi connectivity index (χ1n) is 40.2. The maximum Gasteiger partial charge on any atom is 0.182 e. The van der Waals surface area contributed by atoms with Crippen LogP contribution in [0, 0.1) is 0 Å². The fraction of sp³-hybridized carbons (Fsp3) is 0.00952. The molecule has 0 bridgehead atoms. The van der Waals surface area contributed by atoms with Gasteiger partial charge in [0.1, 0.15) is 0 Å². The maximum atomic E-state index is 6.70. The van der Waals surface area contributed by atoms with Crippen molar-refractivity contribution in [3.05, 3.63) is 506 Å². The van der Waals surface area contributed by atoms with Crippen LogP contribution < -0.4 is 62.0 Å². The smallest absolute Gasteiger partial charge is 0.182 e. The summed E-state index contributed by atoms with van der Waals surface area (Å²) in [4.78, 5) is 35.8. The molecule has 16 heteroatoms. The Morgan fingerprint density at radius 3 is 0.471 bits per heavy atom. The fourth-order valence-electron chi connectivity index (χ4n) is 16.0. The number of hydrogen-bond acceptors (Lipinski definition) is 16. The van der Waals surface area contributed by atoms with Gasteiger partial charge in [0.15, 0.2) is 23.0 Å². The minimum Gasteiger partial charge on any atom is -0.357 e. The topological polar surface area (TPSA) is 111 Å². The van der Waals surface area contributed by atoms with E-state index in [1.54, 1.807) is 20.7 Å². The third-order valence-corrected chi connectivity index (χ3v) is 21.9. The predicted octanol–water partition coefficient (Wildman–Crippen LogP) is 25.0. The third-order valence-electron chi connectivity index (χ3n) is 21.9. The largest absolute Gasteiger partial charge is 0.357 e. The highest BCUT2D eigenvalue weighted by atomic mass is 16.7. The number of hydrazine groups is 4. The minimum absolute atomic E-state index is 0.665. The Morgan fingerprint density at radius 1 is 0.165 bits per heavy atom. The Hall–Kier alpha value is -16.7. The van der Waals surface area contributed by atoms with Crippen molar-refractivity contribution >= 4 is 114 Å². The molecule has 4 aliphatic rings. The van der Waals surface area contributed by atoms with E-state index < -0.39 is 5.41 Å². The first kappa shape index (κ1) is 73.2. The lowest BCUT2D eigenvalue weighted by molar-refractivity contribution is 0.243. The Labute approximate surface area is 702 Å². The van der Waals surface area contributed by atoms with E-state index in [4.69, 9.17) is 19.4 Å². The molecule has 0 aromatic heterocycles. The number of benzene rings is 16.